The van der Waals surface area contributed by atoms with Crippen LogP contribution in [0.3, 0.4) is 0 Å². The van der Waals surface area contributed by atoms with E-state index in [9.17, 15) is 14.4 Å². The fourth-order valence-electron chi connectivity index (χ4n) is 1.72. The second-order valence-electron chi connectivity index (χ2n) is 3.69. The monoisotopic (exact) mass is 233 g/mol. The van der Waals surface area contributed by atoms with Crippen LogP contribution in [0.2, 0.25) is 0 Å². The second-order valence-corrected chi connectivity index (χ2v) is 3.69. The minimum atomic E-state index is -0.699. The lowest BCUT2D eigenvalue weighted by Crippen LogP contribution is -2.29. The molecule has 0 saturated carbocycles. The molecule has 6 heteroatoms. The second kappa shape index (κ2) is 4.25. The fourth-order valence-corrected chi connectivity index (χ4v) is 1.72. The Bertz CT molecular complexity index is 684. The van der Waals surface area contributed by atoms with Gasteiger partial charge < -0.3 is 15.3 Å². The Morgan fingerprint density at radius 2 is 1.94 bits per heavy atom. The summed E-state index contributed by atoms with van der Waals surface area (Å²) in [5, 5.41) is 2.54. The molecule has 17 heavy (non-hydrogen) atoms. The van der Waals surface area contributed by atoms with Gasteiger partial charge in [0, 0.05) is 6.54 Å². The zero-order chi connectivity index (χ0) is 12.4. The van der Waals surface area contributed by atoms with E-state index in [1.807, 2.05) is 13.0 Å². The molecule has 1 aromatic heterocycles. The predicted molar refractivity (Wildman–Crippen MR) is 62.8 cm³/mol. The lowest BCUT2D eigenvalue weighted by Gasteiger charge is -2.08. The van der Waals surface area contributed by atoms with Crippen molar-refractivity contribution in [2.24, 2.45) is 0 Å². The zero-order valence-corrected chi connectivity index (χ0v) is 9.16. The van der Waals surface area contributed by atoms with Gasteiger partial charge in [0.25, 0.3) is 0 Å². The van der Waals surface area contributed by atoms with Gasteiger partial charge in [0.1, 0.15) is 0 Å². The highest BCUT2D eigenvalue weighted by Gasteiger charge is 2.07. The van der Waals surface area contributed by atoms with E-state index in [1.54, 1.807) is 6.07 Å². The van der Waals surface area contributed by atoms with Crippen LogP contribution >= 0.6 is 0 Å². The Morgan fingerprint density at radius 3 is 2.65 bits per heavy atom. The lowest BCUT2D eigenvalue weighted by molar-refractivity contribution is -0.109. The number of aromatic amines is 2. The molecule has 0 saturated heterocycles. The van der Waals surface area contributed by atoms with E-state index in [-0.39, 0.29) is 0 Å². The molecular weight excluding hydrogens is 222 g/mol. The maximum atomic E-state index is 11.3. The van der Waals surface area contributed by atoms with Crippen molar-refractivity contribution in [2.45, 2.75) is 13.5 Å². The summed E-state index contributed by atoms with van der Waals surface area (Å²) in [6, 6.07) is 3.53. The van der Waals surface area contributed by atoms with Gasteiger partial charge in [-0.15, -0.1) is 0 Å². The molecular formula is C11H11N3O3. The number of nitrogens with one attached hydrogen (secondary N) is 3. The lowest BCUT2D eigenvalue weighted by atomic mass is 10.1. The number of hydrogen-bond donors (Lipinski definition) is 3. The summed E-state index contributed by atoms with van der Waals surface area (Å²) < 4.78 is 0. The van der Waals surface area contributed by atoms with Crippen LogP contribution in [-0.4, -0.2) is 16.4 Å². The third kappa shape index (κ3) is 1.96. The number of carbonyl (C=O) groups excluding carboxylic acids is 1. The number of benzene rings is 1. The van der Waals surface area contributed by atoms with Crippen LogP contribution in [0.5, 0.6) is 0 Å². The Morgan fingerprint density at radius 1 is 1.24 bits per heavy atom. The van der Waals surface area contributed by atoms with Crippen molar-refractivity contribution in [2.75, 3.05) is 0 Å². The summed E-state index contributed by atoms with van der Waals surface area (Å²) in [4.78, 5) is 37.8. The molecule has 0 aliphatic rings. The van der Waals surface area contributed by atoms with Gasteiger partial charge in [0.2, 0.25) is 6.41 Å². The molecule has 2 rings (SSSR count). The molecule has 0 unspecified atom stereocenters. The molecule has 0 bridgehead atoms. The Kier molecular flexibility index (Phi) is 2.78. The number of hydrogen-bond acceptors (Lipinski definition) is 3. The number of aryl methyl sites for hydroxylation is 1. The van der Waals surface area contributed by atoms with Crippen molar-refractivity contribution in [1.29, 1.82) is 0 Å². The number of H-pyrrole nitrogens is 2. The normalized spacial score (nSPS) is 10.4. The van der Waals surface area contributed by atoms with Crippen molar-refractivity contribution in [3.8, 4) is 0 Å². The quantitative estimate of drug-likeness (QED) is 0.505. The standard InChI is InChI=1S/C11H11N3O3/c1-6-2-3-8-9(7(6)4-12-5-15)14-11(17)10(16)13-8/h2-3,5H,4H2,1H3,(H,12,15)(H,13,16)(H,14,17). The summed E-state index contributed by atoms with van der Waals surface area (Å²) in [5.41, 5.74) is 1.41. The van der Waals surface area contributed by atoms with E-state index >= 15 is 0 Å². The van der Waals surface area contributed by atoms with Gasteiger partial charge in [-0.05, 0) is 24.1 Å². The molecule has 0 fully saturated rings. The van der Waals surface area contributed by atoms with Crippen LogP contribution in [0.15, 0.2) is 21.7 Å². The van der Waals surface area contributed by atoms with Crippen molar-refractivity contribution in [3.05, 3.63) is 44.0 Å². The molecule has 0 spiro atoms. The maximum Gasteiger partial charge on any atom is 0.314 e. The summed E-state index contributed by atoms with van der Waals surface area (Å²) in [5.74, 6) is 0. The number of fused-ring (bicyclic) bond motifs is 1. The smallest absolute Gasteiger partial charge is 0.314 e. The fraction of sp³-hybridized carbons (Fsp3) is 0.182. The average molecular weight is 233 g/mol. The molecule has 0 radical (unpaired) electrons. The van der Waals surface area contributed by atoms with Crippen LogP contribution in [0.1, 0.15) is 11.1 Å². The van der Waals surface area contributed by atoms with Gasteiger partial charge in [0.05, 0.1) is 11.0 Å². The highest BCUT2D eigenvalue weighted by Crippen LogP contribution is 2.16. The number of carbonyl (C=O) groups is 1. The van der Waals surface area contributed by atoms with Crippen LogP contribution in [0.25, 0.3) is 11.0 Å². The Hall–Kier alpha value is -2.37. The first-order valence-electron chi connectivity index (χ1n) is 5.05. The van der Waals surface area contributed by atoms with E-state index in [0.717, 1.165) is 11.1 Å². The molecule has 0 aliphatic carbocycles. The van der Waals surface area contributed by atoms with E-state index in [2.05, 4.69) is 15.3 Å². The summed E-state index contributed by atoms with van der Waals surface area (Å²) in [7, 11) is 0. The van der Waals surface area contributed by atoms with Crippen LogP contribution in [0, 0.1) is 6.92 Å². The van der Waals surface area contributed by atoms with Crippen LogP contribution in [-0.2, 0) is 11.3 Å². The Labute approximate surface area is 95.7 Å². The van der Waals surface area contributed by atoms with Crippen LogP contribution < -0.4 is 16.4 Å². The number of amides is 1. The maximum absolute atomic E-state index is 11.3. The van der Waals surface area contributed by atoms with Gasteiger partial charge in [-0.3, -0.25) is 14.4 Å². The molecule has 6 nitrogen and oxygen atoms in total. The molecule has 0 atom stereocenters. The SMILES string of the molecule is Cc1ccc2[nH]c(=O)c(=O)[nH]c2c1CNC=O. The van der Waals surface area contributed by atoms with Crippen molar-refractivity contribution < 1.29 is 4.79 Å². The topological polar surface area (TPSA) is 94.8 Å². The van der Waals surface area contributed by atoms with Gasteiger partial charge in [-0.25, -0.2) is 0 Å². The summed E-state index contributed by atoms with van der Waals surface area (Å²) in [6.45, 7) is 2.17. The summed E-state index contributed by atoms with van der Waals surface area (Å²) >= 11 is 0. The van der Waals surface area contributed by atoms with Crippen molar-refractivity contribution in [1.82, 2.24) is 15.3 Å². The molecule has 2 aromatic rings. The van der Waals surface area contributed by atoms with Gasteiger partial charge >= 0.3 is 11.1 Å². The van der Waals surface area contributed by atoms with Gasteiger partial charge in [-0.1, -0.05) is 6.07 Å². The molecule has 1 aromatic carbocycles. The van der Waals surface area contributed by atoms with Crippen molar-refractivity contribution >= 4 is 17.4 Å². The van der Waals surface area contributed by atoms with E-state index < -0.39 is 11.1 Å². The highest BCUT2D eigenvalue weighted by molar-refractivity contribution is 5.79. The zero-order valence-electron chi connectivity index (χ0n) is 9.16. The summed E-state index contributed by atoms with van der Waals surface area (Å²) in [6.07, 6.45) is 0.585. The third-order valence-electron chi connectivity index (χ3n) is 2.60. The van der Waals surface area contributed by atoms with E-state index in [1.165, 1.54) is 0 Å². The molecule has 3 N–H and O–H groups in total. The van der Waals surface area contributed by atoms with Gasteiger partial charge in [0.15, 0.2) is 0 Å². The van der Waals surface area contributed by atoms with Crippen LogP contribution in [0.4, 0.5) is 0 Å². The van der Waals surface area contributed by atoms with Crippen molar-refractivity contribution in [3.63, 3.8) is 0 Å². The van der Waals surface area contributed by atoms with E-state index in [4.69, 9.17) is 0 Å². The highest BCUT2D eigenvalue weighted by atomic mass is 16.2. The molecule has 88 valence electrons. The predicted octanol–water partition coefficient (Wildman–Crippen LogP) is -0.229. The minimum Gasteiger partial charge on any atom is -0.355 e. The third-order valence-corrected chi connectivity index (χ3v) is 2.60. The first kappa shape index (κ1) is 11.1. The molecule has 0 aliphatic heterocycles. The molecule has 1 amide bonds. The number of rotatable bonds is 3. The Balaban J connectivity index is 2.75. The van der Waals surface area contributed by atoms with Gasteiger partial charge in [-0.2, -0.15) is 0 Å². The average Bonchev–Trinajstić information content (AvgIpc) is 2.30. The molecule has 1 heterocycles. The first-order chi connectivity index (χ1) is 8.13. The minimum absolute atomic E-state index is 0.300. The largest absolute Gasteiger partial charge is 0.355 e. The van der Waals surface area contributed by atoms with E-state index in [0.29, 0.717) is 24.0 Å². The number of aromatic nitrogens is 2. The first-order valence-corrected chi connectivity index (χ1v) is 5.05.